The summed E-state index contributed by atoms with van der Waals surface area (Å²) >= 11 is 5.40. The first-order valence-corrected chi connectivity index (χ1v) is 6.70. The van der Waals surface area contributed by atoms with Crippen LogP contribution in [0.5, 0.6) is 0 Å². The summed E-state index contributed by atoms with van der Waals surface area (Å²) in [5, 5.41) is 8.86. The molecule has 0 bridgehead atoms. The van der Waals surface area contributed by atoms with Crippen LogP contribution in [0.3, 0.4) is 0 Å². The van der Waals surface area contributed by atoms with Gasteiger partial charge in [0.05, 0.1) is 16.2 Å². The van der Waals surface area contributed by atoms with Gasteiger partial charge in [0.25, 0.3) is 0 Å². The molecular weight excluding hydrogens is 252 g/mol. The molecule has 16 heavy (non-hydrogen) atoms. The smallest absolute Gasteiger partial charge is 0.335 e. The van der Waals surface area contributed by atoms with Gasteiger partial charge >= 0.3 is 5.97 Å². The molecule has 6 heteroatoms. The summed E-state index contributed by atoms with van der Waals surface area (Å²) in [7, 11) is -3.49. The Kier molecular flexibility index (Phi) is 3.93. The highest BCUT2D eigenvalue weighted by Crippen LogP contribution is 2.20. The molecule has 0 aliphatic rings. The number of carboxylic acids is 1. The predicted molar refractivity (Wildman–Crippen MR) is 60.9 cm³/mol. The molecule has 0 aliphatic heterocycles. The van der Waals surface area contributed by atoms with Gasteiger partial charge in [-0.3, -0.25) is 0 Å². The summed E-state index contributed by atoms with van der Waals surface area (Å²) < 4.78 is 23.5. The summed E-state index contributed by atoms with van der Waals surface area (Å²) in [5.41, 5.74) is 0.246. The van der Waals surface area contributed by atoms with Crippen molar-refractivity contribution in [3.05, 3.63) is 29.3 Å². The van der Waals surface area contributed by atoms with E-state index in [1.165, 1.54) is 25.1 Å². The van der Waals surface area contributed by atoms with Crippen molar-refractivity contribution in [2.45, 2.75) is 11.8 Å². The molecule has 0 aromatic heterocycles. The lowest BCUT2D eigenvalue weighted by Crippen LogP contribution is -2.12. The molecule has 0 saturated heterocycles. The fourth-order valence-corrected chi connectivity index (χ4v) is 3.29. The van der Waals surface area contributed by atoms with Crippen LogP contribution in [0.25, 0.3) is 0 Å². The number of carboxylic acid groups (broad SMARTS) is 1. The standard InChI is InChI=1S/C10H11ClO4S/c1-7-8(10(12)13)3-2-4-9(7)16(14,15)6-5-11/h2-4H,5-6H2,1H3,(H,12,13). The van der Waals surface area contributed by atoms with Gasteiger partial charge in [0.2, 0.25) is 0 Å². The van der Waals surface area contributed by atoms with Gasteiger partial charge in [-0.1, -0.05) is 6.07 Å². The highest BCUT2D eigenvalue weighted by atomic mass is 35.5. The molecule has 1 rings (SSSR count). The molecule has 0 saturated carbocycles. The van der Waals surface area contributed by atoms with Gasteiger partial charge in [-0.25, -0.2) is 13.2 Å². The lowest BCUT2D eigenvalue weighted by atomic mass is 10.1. The summed E-state index contributed by atoms with van der Waals surface area (Å²) in [4.78, 5) is 10.9. The average molecular weight is 263 g/mol. The van der Waals surface area contributed by atoms with Gasteiger partial charge in [-0.05, 0) is 24.6 Å². The number of hydrogen-bond donors (Lipinski definition) is 1. The normalized spacial score (nSPS) is 11.4. The summed E-state index contributed by atoms with van der Waals surface area (Å²) in [6.45, 7) is 1.48. The van der Waals surface area contributed by atoms with E-state index in [1.807, 2.05) is 0 Å². The van der Waals surface area contributed by atoms with E-state index in [4.69, 9.17) is 16.7 Å². The lowest BCUT2D eigenvalue weighted by molar-refractivity contribution is 0.0696. The maximum atomic E-state index is 11.8. The number of alkyl halides is 1. The first-order chi connectivity index (χ1) is 7.40. The molecule has 0 unspecified atom stereocenters. The van der Waals surface area contributed by atoms with Crippen LogP contribution in [0.4, 0.5) is 0 Å². The SMILES string of the molecule is Cc1c(C(=O)O)cccc1S(=O)(=O)CCCl. The van der Waals surface area contributed by atoms with Crippen molar-refractivity contribution in [3.8, 4) is 0 Å². The molecule has 0 fully saturated rings. The number of carbonyl (C=O) groups is 1. The first kappa shape index (κ1) is 13.0. The van der Waals surface area contributed by atoms with E-state index in [1.54, 1.807) is 0 Å². The molecule has 0 atom stereocenters. The van der Waals surface area contributed by atoms with Crippen LogP contribution in [0, 0.1) is 6.92 Å². The van der Waals surface area contributed by atoms with E-state index in [9.17, 15) is 13.2 Å². The third kappa shape index (κ3) is 2.54. The highest BCUT2D eigenvalue weighted by molar-refractivity contribution is 7.91. The Labute approximate surface area is 98.8 Å². The molecule has 0 spiro atoms. The Balaban J connectivity index is 3.37. The van der Waals surface area contributed by atoms with Crippen LogP contribution < -0.4 is 0 Å². The number of aromatic carboxylic acids is 1. The summed E-state index contributed by atoms with van der Waals surface area (Å²) in [6.07, 6.45) is 0. The molecule has 0 amide bonds. The van der Waals surface area contributed by atoms with Gasteiger partial charge in [-0.15, -0.1) is 11.6 Å². The van der Waals surface area contributed by atoms with Crippen molar-refractivity contribution in [2.24, 2.45) is 0 Å². The number of rotatable bonds is 4. The minimum absolute atomic E-state index is 0.00403. The van der Waals surface area contributed by atoms with Crippen molar-refractivity contribution in [1.29, 1.82) is 0 Å². The van der Waals surface area contributed by atoms with E-state index in [0.717, 1.165) is 0 Å². The molecular formula is C10H11ClO4S. The summed E-state index contributed by atoms with van der Waals surface area (Å²) in [5.74, 6) is -1.35. The highest BCUT2D eigenvalue weighted by Gasteiger charge is 2.19. The van der Waals surface area contributed by atoms with E-state index in [2.05, 4.69) is 0 Å². The Hall–Kier alpha value is -1.07. The zero-order chi connectivity index (χ0) is 12.3. The Morgan fingerprint density at radius 3 is 2.56 bits per heavy atom. The van der Waals surface area contributed by atoms with Crippen LogP contribution in [0.2, 0.25) is 0 Å². The predicted octanol–water partition coefficient (Wildman–Crippen LogP) is 1.71. The van der Waals surface area contributed by atoms with Crippen molar-refractivity contribution < 1.29 is 18.3 Å². The number of hydrogen-bond acceptors (Lipinski definition) is 3. The fourth-order valence-electron chi connectivity index (χ4n) is 1.39. The van der Waals surface area contributed by atoms with Gasteiger partial charge in [0.15, 0.2) is 9.84 Å². The number of halogens is 1. The van der Waals surface area contributed by atoms with Crippen LogP contribution in [0.1, 0.15) is 15.9 Å². The van der Waals surface area contributed by atoms with Gasteiger partial charge in [0.1, 0.15) is 0 Å². The second kappa shape index (κ2) is 4.84. The molecule has 0 heterocycles. The molecule has 4 nitrogen and oxygen atoms in total. The molecule has 0 radical (unpaired) electrons. The lowest BCUT2D eigenvalue weighted by Gasteiger charge is -2.08. The summed E-state index contributed by atoms with van der Waals surface area (Å²) in [6, 6.07) is 4.18. The maximum Gasteiger partial charge on any atom is 0.335 e. The molecule has 0 aliphatic carbocycles. The largest absolute Gasteiger partial charge is 0.478 e. The second-order valence-electron chi connectivity index (χ2n) is 3.24. The Bertz CT molecular complexity index is 508. The third-order valence-electron chi connectivity index (χ3n) is 2.20. The molecule has 1 aromatic rings. The topological polar surface area (TPSA) is 71.4 Å². The minimum atomic E-state index is -3.49. The number of benzene rings is 1. The van der Waals surface area contributed by atoms with E-state index in [-0.39, 0.29) is 27.7 Å². The average Bonchev–Trinajstić information content (AvgIpc) is 2.17. The molecule has 88 valence electrons. The Morgan fingerprint density at radius 1 is 1.44 bits per heavy atom. The van der Waals surface area contributed by atoms with Gasteiger partial charge in [0, 0.05) is 5.88 Å². The van der Waals surface area contributed by atoms with Crippen molar-refractivity contribution in [3.63, 3.8) is 0 Å². The van der Waals surface area contributed by atoms with Crippen LogP contribution in [0.15, 0.2) is 23.1 Å². The van der Waals surface area contributed by atoms with Crippen LogP contribution >= 0.6 is 11.6 Å². The first-order valence-electron chi connectivity index (χ1n) is 4.52. The van der Waals surface area contributed by atoms with E-state index in [0.29, 0.717) is 0 Å². The maximum absolute atomic E-state index is 11.8. The van der Waals surface area contributed by atoms with Crippen molar-refractivity contribution in [2.75, 3.05) is 11.6 Å². The second-order valence-corrected chi connectivity index (χ2v) is 5.70. The van der Waals surface area contributed by atoms with Crippen LogP contribution in [-0.4, -0.2) is 31.1 Å². The zero-order valence-electron chi connectivity index (χ0n) is 8.60. The monoisotopic (exact) mass is 262 g/mol. The van der Waals surface area contributed by atoms with Gasteiger partial charge < -0.3 is 5.11 Å². The number of sulfone groups is 1. The fraction of sp³-hybridized carbons (Fsp3) is 0.300. The van der Waals surface area contributed by atoms with Crippen molar-refractivity contribution in [1.82, 2.24) is 0 Å². The zero-order valence-corrected chi connectivity index (χ0v) is 10.2. The van der Waals surface area contributed by atoms with E-state index >= 15 is 0 Å². The molecule has 1 N–H and O–H groups in total. The minimum Gasteiger partial charge on any atom is -0.478 e. The molecule has 1 aromatic carbocycles. The van der Waals surface area contributed by atoms with Crippen LogP contribution in [-0.2, 0) is 9.84 Å². The van der Waals surface area contributed by atoms with E-state index < -0.39 is 15.8 Å². The van der Waals surface area contributed by atoms with Gasteiger partial charge in [-0.2, -0.15) is 0 Å². The van der Waals surface area contributed by atoms with Crippen molar-refractivity contribution >= 4 is 27.4 Å². The third-order valence-corrected chi connectivity index (χ3v) is 4.46. The quantitative estimate of drug-likeness (QED) is 0.839. The Morgan fingerprint density at radius 2 is 2.06 bits per heavy atom.